The van der Waals surface area contributed by atoms with E-state index in [4.69, 9.17) is 4.74 Å². The van der Waals surface area contributed by atoms with Gasteiger partial charge in [0.1, 0.15) is 6.61 Å². The summed E-state index contributed by atoms with van der Waals surface area (Å²) in [5, 5.41) is 2.65. The average Bonchev–Trinajstić information content (AvgIpc) is 2.41. The lowest BCUT2D eigenvalue weighted by atomic mass is 9.83. The van der Waals surface area contributed by atoms with Crippen LogP contribution in [0.4, 0.5) is 4.79 Å². The second-order valence-electron chi connectivity index (χ2n) is 5.69. The number of hydrogen-bond acceptors (Lipinski definition) is 4. The molecule has 0 saturated carbocycles. The Bertz CT molecular complexity index is 452. The Morgan fingerprint density at radius 1 is 1.30 bits per heavy atom. The van der Waals surface area contributed by atoms with Crippen molar-refractivity contribution in [2.24, 2.45) is 5.41 Å². The maximum Gasteiger partial charge on any atom is 0.408 e. The van der Waals surface area contributed by atoms with Gasteiger partial charge in [0, 0.05) is 18.8 Å². The molecule has 20 heavy (non-hydrogen) atoms. The molecule has 0 aliphatic rings. The van der Waals surface area contributed by atoms with Gasteiger partial charge in [-0.25, -0.2) is 4.79 Å². The first-order chi connectivity index (χ1) is 9.34. The third-order valence-electron chi connectivity index (χ3n) is 2.92. The van der Waals surface area contributed by atoms with E-state index in [0.29, 0.717) is 6.42 Å². The number of aromatic nitrogens is 1. The highest BCUT2D eigenvalue weighted by Gasteiger charge is 2.31. The minimum absolute atomic E-state index is 0.00152. The Balaban J connectivity index is 2.57. The molecule has 1 rings (SSSR count). The Hall–Kier alpha value is -1.91. The number of pyridine rings is 1. The topological polar surface area (TPSA) is 68.3 Å². The summed E-state index contributed by atoms with van der Waals surface area (Å²) in [4.78, 5) is 27.6. The summed E-state index contributed by atoms with van der Waals surface area (Å²) in [7, 11) is 0. The summed E-state index contributed by atoms with van der Waals surface area (Å²) < 4.78 is 5.12. The quantitative estimate of drug-likeness (QED) is 0.899. The van der Waals surface area contributed by atoms with Crippen molar-refractivity contribution >= 4 is 11.9 Å². The minimum Gasteiger partial charge on any atom is -0.445 e. The molecule has 5 heteroatoms. The number of hydrogen-bond donors (Lipinski definition) is 1. The van der Waals surface area contributed by atoms with Gasteiger partial charge < -0.3 is 10.1 Å². The first kappa shape index (κ1) is 16.1. The molecule has 0 bridgehead atoms. The van der Waals surface area contributed by atoms with Crippen LogP contribution in [0.2, 0.25) is 0 Å². The minimum atomic E-state index is -0.580. The summed E-state index contributed by atoms with van der Waals surface area (Å²) in [6.07, 6.45) is 3.07. The van der Waals surface area contributed by atoms with Crippen LogP contribution in [-0.4, -0.2) is 22.9 Å². The Morgan fingerprint density at radius 3 is 2.40 bits per heavy atom. The molecule has 1 N–H and O–H groups in total. The molecular formula is C15H22N2O3. The molecule has 1 unspecified atom stereocenters. The van der Waals surface area contributed by atoms with E-state index in [1.165, 1.54) is 0 Å². The van der Waals surface area contributed by atoms with Gasteiger partial charge in [-0.1, -0.05) is 27.7 Å². The zero-order chi connectivity index (χ0) is 15.2. The highest BCUT2D eigenvalue weighted by Crippen LogP contribution is 2.21. The number of carbonyl (C=O) groups excluding carboxylic acids is 2. The van der Waals surface area contributed by atoms with Crippen LogP contribution in [0.15, 0.2) is 24.5 Å². The van der Waals surface area contributed by atoms with Gasteiger partial charge in [-0.05, 0) is 23.1 Å². The number of rotatable bonds is 5. The third-order valence-corrected chi connectivity index (χ3v) is 2.92. The summed E-state index contributed by atoms with van der Waals surface area (Å²) in [6.45, 7) is 7.67. The van der Waals surface area contributed by atoms with Gasteiger partial charge in [0.15, 0.2) is 5.78 Å². The number of Topliss-reactive ketones (excluding diaryl/α,β-unsaturated/α-hetero) is 1. The van der Waals surface area contributed by atoms with E-state index in [-0.39, 0.29) is 17.8 Å². The number of alkyl carbamates (subject to hydrolysis) is 1. The standard InChI is InChI=1S/C15H22N2O3/c1-5-12(18)13(15(2,3)4)17-14(19)20-10-11-6-8-16-9-7-11/h6-9,13H,5,10H2,1-4H3,(H,17,19). The van der Waals surface area contributed by atoms with Gasteiger partial charge >= 0.3 is 6.09 Å². The second-order valence-corrected chi connectivity index (χ2v) is 5.69. The molecule has 1 amide bonds. The van der Waals surface area contributed by atoms with Crippen LogP contribution in [0, 0.1) is 5.41 Å². The van der Waals surface area contributed by atoms with Crippen LogP contribution >= 0.6 is 0 Å². The van der Waals surface area contributed by atoms with Gasteiger partial charge in [-0.3, -0.25) is 9.78 Å². The summed E-state index contributed by atoms with van der Waals surface area (Å²) in [5.41, 5.74) is 0.507. The smallest absolute Gasteiger partial charge is 0.408 e. The molecule has 110 valence electrons. The highest BCUT2D eigenvalue weighted by molar-refractivity contribution is 5.87. The number of carbonyl (C=O) groups is 2. The first-order valence-corrected chi connectivity index (χ1v) is 6.69. The highest BCUT2D eigenvalue weighted by atomic mass is 16.5. The molecule has 0 aromatic carbocycles. The van der Waals surface area contributed by atoms with Crippen molar-refractivity contribution in [3.8, 4) is 0 Å². The normalized spacial score (nSPS) is 12.6. The molecule has 5 nitrogen and oxygen atoms in total. The van der Waals surface area contributed by atoms with E-state index in [2.05, 4.69) is 10.3 Å². The lowest BCUT2D eigenvalue weighted by Gasteiger charge is -2.29. The van der Waals surface area contributed by atoms with E-state index in [0.717, 1.165) is 5.56 Å². The van der Waals surface area contributed by atoms with Crippen LogP contribution in [0.3, 0.4) is 0 Å². The van der Waals surface area contributed by atoms with Crippen LogP contribution in [-0.2, 0) is 16.1 Å². The zero-order valence-corrected chi connectivity index (χ0v) is 12.5. The Kier molecular flexibility index (Phi) is 5.67. The molecule has 0 radical (unpaired) electrons. The van der Waals surface area contributed by atoms with Gasteiger partial charge in [-0.15, -0.1) is 0 Å². The molecular weight excluding hydrogens is 256 g/mol. The third kappa shape index (κ3) is 4.99. The summed E-state index contributed by atoms with van der Waals surface area (Å²) in [5.74, 6) is -0.00152. The fraction of sp³-hybridized carbons (Fsp3) is 0.533. The number of ether oxygens (including phenoxy) is 1. The average molecular weight is 278 g/mol. The van der Waals surface area contributed by atoms with Crippen molar-refractivity contribution in [2.45, 2.75) is 46.8 Å². The lowest BCUT2D eigenvalue weighted by Crippen LogP contribution is -2.49. The zero-order valence-electron chi connectivity index (χ0n) is 12.5. The number of ketones is 1. The molecule has 0 saturated heterocycles. The first-order valence-electron chi connectivity index (χ1n) is 6.69. The van der Waals surface area contributed by atoms with Crippen LogP contribution in [0.5, 0.6) is 0 Å². The maximum atomic E-state index is 11.9. The van der Waals surface area contributed by atoms with Crippen LogP contribution in [0.25, 0.3) is 0 Å². The number of nitrogens with zero attached hydrogens (tertiary/aromatic N) is 1. The van der Waals surface area contributed by atoms with Gasteiger partial charge in [0.2, 0.25) is 0 Å². The fourth-order valence-corrected chi connectivity index (χ4v) is 1.77. The summed E-state index contributed by atoms with van der Waals surface area (Å²) in [6, 6.07) is 3.00. The van der Waals surface area contributed by atoms with E-state index in [1.54, 1.807) is 31.5 Å². The molecule has 0 fully saturated rings. The van der Waals surface area contributed by atoms with Crippen molar-refractivity contribution in [1.29, 1.82) is 0 Å². The molecule has 1 heterocycles. The SMILES string of the molecule is CCC(=O)C(NC(=O)OCc1ccncc1)C(C)(C)C. The van der Waals surface area contributed by atoms with E-state index < -0.39 is 12.1 Å². The molecule has 0 spiro atoms. The van der Waals surface area contributed by atoms with Crippen molar-refractivity contribution in [1.82, 2.24) is 10.3 Å². The van der Waals surface area contributed by atoms with Crippen molar-refractivity contribution in [3.05, 3.63) is 30.1 Å². The van der Waals surface area contributed by atoms with E-state index >= 15 is 0 Å². The maximum absolute atomic E-state index is 11.9. The Labute approximate surface area is 119 Å². The molecule has 1 aromatic rings. The van der Waals surface area contributed by atoms with Crippen molar-refractivity contribution in [2.75, 3.05) is 0 Å². The van der Waals surface area contributed by atoms with E-state index in [1.807, 2.05) is 20.8 Å². The Morgan fingerprint density at radius 2 is 1.90 bits per heavy atom. The molecule has 0 aliphatic carbocycles. The predicted octanol–water partition coefficient (Wildman–Crippen LogP) is 2.70. The summed E-state index contributed by atoms with van der Waals surface area (Å²) >= 11 is 0. The molecule has 1 aromatic heterocycles. The second kappa shape index (κ2) is 7.03. The fourth-order valence-electron chi connectivity index (χ4n) is 1.77. The number of nitrogens with one attached hydrogen (secondary N) is 1. The van der Waals surface area contributed by atoms with Gasteiger partial charge in [0.05, 0.1) is 6.04 Å². The molecule has 1 atom stereocenters. The predicted molar refractivity (Wildman–Crippen MR) is 76.1 cm³/mol. The lowest BCUT2D eigenvalue weighted by molar-refractivity contribution is -0.123. The van der Waals surface area contributed by atoms with Crippen LogP contribution < -0.4 is 5.32 Å². The van der Waals surface area contributed by atoms with Gasteiger partial charge in [-0.2, -0.15) is 0 Å². The van der Waals surface area contributed by atoms with Crippen molar-refractivity contribution in [3.63, 3.8) is 0 Å². The molecule has 0 aliphatic heterocycles. The largest absolute Gasteiger partial charge is 0.445 e. The van der Waals surface area contributed by atoms with Crippen molar-refractivity contribution < 1.29 is 14.3 Å². The van der Waals surface area contributed by atoms with Gasteiger partial charge in [0.25, 0.3) is 0 Å². The number of amides is 1. The van der Waals surface area contributed by atoms with Crippen LogP contribution in [0.1, 0.15) is 39.7 Å². The van der Waals surface area contributed by atoms with E-state index in [9.17, 15) is 9.59 Å². The monoisotopic (exact) mass is 278 g/mol.